The van der Waals surface area contributed by atoms with Crippen molar-refractivity contribution in [2.75, 3.05) is 13.2 Å². The number of ether oxygens (including phenoxy) is 1. The quantitative estimate of drug-likeness (QED) is 0.820. The Morgan fingerprint density at radius 2 is 2.47 bits per heavy atom. The van der Waals surface area contributed by atoms with Crippen LogP contribution in [0.4, 0.5) is 0 Å². The Morgan fingerprint density at radius 1 is 1.65 bits per heavy atom. The van der Waals surface area contributed by atoms with E-state index < -0.39 is 0 Å². The van der Waals surface area contributed by atoms with Crippen molar-refractivity contribution in [1.82, 2.24) is 9.88 Å². The van der Waals surface area contributed by atoms with Crippen LogP contribution in [0.1, 0.15) is 23.2 Å². The number of hydrogen-bond acceptors (Lipinski definition) is 3. The molecule has 1 unspecified atom stereocenters. The summed E-state index contributed by atoms with van der Waals surface area (Å²) in [4.78, 5) is 23.5. The molecule has 0 saturated carbocycles. The first-order valence-corrected chi connectivity index (χ1v) is 5.74. The van der Waals surface area contributed by atoms with Gasteiger partial charge in [0.1, 0.15) is 5.56 Å². The van der Waals surface area contributed by atoms with Crippen LogP contribution in [0.3, 0.4) is 0 Å². The maximum atomic E-state index is 11.8. The van der Waals surface area contributed by atoms with Crippen LogP contribution in [0.2, 0.25) is 0 Å². The third-order valence-electron chi connectivity index (χ3n) is 2.88. The molecule has 1 aliphatic heterocycles. The number of carbonyl (C=O) groups is 1. The maximum absolute atomic E-state index is 11.8. The van der Waals surface area contributed by atoms with E-state index in [0.29, 0.717) is 6.54 Å². The van der Waals surface area contributed by atoms with Crippen molar-refractivity contribution in [3.05, 3.63) is 34.2 Å². The van der Waals surface area contributed by atoms with Crippen LogP contribution >= 0.6 is 0 Å². The summed E-state index contributed by atoms with van der Waals surface area (Å²) < 4.78 is 6.78. The molecule has 1 aromatic rings. The molecule has 5 heteroatoms. The summed E-state index contributed by atoms with van der Waals surface area (Å²) in [5.74, 6) is -0.332. The average molecular weight is 236 g/mol. The first-order chi connectivity index (χ1) is 8.18. The summed E-state index contributed by atoms with van der Waals surface area (Å²) in [6.45, 7) is 1.23. The highest BCUT2D eigenvalue weighted by atomic mass is 16.5. The van der Waals surface area contributed by atoms with Crippen LogP contribution in [0, 0.1) is 0 Å². The summed E-state index contributed by atoms with van der Waals surface area (Å²) in [7, 11) is 1.62. The normalized spacial score (nSPS) is 19.2. The van der Waals surface area contributed by atoms with Gasteiger partial charge in [0.2, 0.25) is 0 Å². The zero-order chi connectivity index (χ0) is 12.3. The van der Waals surface area contributed by atoms with Gasteiger partial charge in [0.25, 0.3) is 11.5 Å². The highest BCUT2D eigenvalue weighted by molar-refractivity contribution is 5.93. The number of hydrogen-bond donors (Lipinski definition) is 1. The molecule has 1 aromatic heterocycles. The van der Waals surface area contributed by atoms with Crippen molar-refractivity contribution < 1.29 is 9.53 Å². The average Bonchev–Trinajstić information content (AvgIpc) is 2.82. The van der Waals surface area contributed by atoms with Crippen molar-refractivity contribution in [2.45, 2.75) is 18.9 Å². The minimum absolute atomic E-state index is 0.0894. The van der Waals surface area contributed by atoms with Crippen molar-refractivity contribution >= 4 is 5.91 Å². The lowest BCUT2D eigenvalue weighted by Crippen LogP contribution is -2.36. The summed E-state index contributed by atoms with van der Waals surface area (Å²) in [6.07, 6.45) is 3.71. The van der Waals surface area contributed by atoms with Crippen LogP contribution in [-0.2, 0) is 11.8 Å². The molecule has 1 fully saturated rings. The molecule has 1 amide bonds. The molecule has 1 aliphatic rings. The number of nitrogens with one attached hydrogen (secondary N) is 1. The van der Waals surface area contributed by atoms with Crippen molar-refractivity contribution in [1.29, 1.82) is 0 Å². The number of nitrogens with zero attached hydrogens (tertiary/aromatic N) is 1. The second kappa shape index (κ2) is 5.14. The summed E-state index contributed by atoms with van der Waals surface area (Å²) >= 11 is 0. The van der Waals surface area contributed by atoms with E-state index in [2.05, 4.69) is 5.32 Å². The molecule has 2 rings (SSSR count). The van der Waals surface area contributed by atoms with E-state index in [0.717, 1.165) is 19.4 Å². The Kier molecular flexibility index (Phi) is 3.58. The van der Waals surface area contributed by atoms with Gasteiger partial charge in [-0.2, -0.15) is 0 Å². The third-order valence-corrected chi connectivity index (χ3v) is 2.88. The fraction of sp³-hybridized carbons (Fsp3) is 0.500. The van der Waals surface area contributed by atoms with Gasteiger partial charge in [-0.3, -0.25) is 9.59 Å². The molecule has 0 bridgehead atoms. The van der Waals surface area contributed by atoms with Crippen molar-refractivity contribution in [3.63, 3.8) is 0 Å². The van der Waals surface area contributed by atoms with Gasteiger partial charge in [0, 0.05) is 26.4 Å². The first kappa shape index (κ1) is 11.9. The predicted octanol–water partition coefficient (Wildman–Crippen LogP) is 0.294. The smallest absolute Gasteiger partial charge is 0.263 e. The second-order valence-electron chi connectivity index (χ2n) is 4.18. The number of carbonyl (C=O) groups excluding carboxylic acids is 1. The number of rotatable bonds is 3. The van der Waals surface area contributed by atoms with Gasteiger partial charge >= 0.3 is 0 Å². The van der Waals surface area contributed by atoms with Gasteiger partial charge in [-0.25, -0.2) is 0 Å². The summed E-state index contributed by atoms with van der Waals surface area (Å²) in [5.41, 5.74) is -0.106. The second-order valence-corrected chi connectivity index (χ2v) is 4.18. The van der Waals surface area contributed by atoms with E-state index in [4.69, 9.17) is 4.74 Å². The Labute approximate surface area is 99.4 Å². The maximum Gasteiger partial charge on any atom is 0.263 e. The molecule has 92 valence electrons. The van der Waals surface area contributed by atoms with Gasteiger partial charge in [-0.1, -0.05) is 0 Å². The zero-order valence-corrected chi connectivity index (χ0v) is 9.81. The molecule has 17 heavy (non-hydrogen) atoms. The molecular weight excluding hydrogens is 220 g/mol. The molecule has 2 heterocycles. The van der Waals surface area contributed by atoms with Gasteiger partial charge in [0.15, 0.2) is 0 Å². The van der Waals surface area contributed by atoms with E-state index in [1.54, 1.807) is 19.3 Å². The Morgan fingerprint density at radius 3 is 3.18 bits per heavy atom. The van der Waals surface area contributed by atoms with E-state index in [9.17, 15) is 9.59 Å². The van der Waals surface area contributed by atoms with Gasteiger partial charge < -0.3 is 14.6 Å². The number of aryl methyl sites for hydroxylation is 1. The lowest BCUT2D eigenvalue weighted by Gasteiger charge is -2.10. The topological polar surface area (TPSA) is 60.3 Å². The molecule has 0 radical (unpaired) electrons. The molecule has 5 nitrogen and oxygen atoms in total. The van der Waals surface area contributed by atoms with Crippen LogP contribution in [0.15, 0.2) is 23.1 Å². The zero-order valence-electron chi connectivity index (χ0n) is 9.81. The minimum Gasteiger partial charge on any atom is -0.376 e. The van der Waals surface area contributed by atoms with Crippen LogP contribution < -0.4 is 10.9 Å². The molecule has 1 saturated heterocycles. The molecule has 1 atom stereocenters. The van der Waals surface area contributed by atoms with E-state index in [1.165, 1.54) is 10.6 Å². The summed E-state index contributed by atoms with van der Waals surface area (Å²) in [5, 5.41) is 2.73. The van der Waals surface area contributed by atoms with E-state index >= 15 is 0 Å². The standard InChI is InChI=1S/C12H16N2O3/c1-14-6-2-5-10(12(14)16)11(15)13-8-9-4-3-7-17-9/h2,5-6,9H,3-4,7-8H2,1H3,(H,13,15). The van der Waals surface area contributed by atoms with Crippen LogP contribution in [-0.4, -0.2) is 29.7 Å². The largest absolute Gasteiger partial charge is 0.376 e. The van der Waals surface area contributed by atoms with Crippen molar-refractivity contribution in [3.8, 4) is 0 Å². The van der Waals surface area contributed by atoms with E-state index in [1.807, 2.05) is 0 Å². The number of amides is 1. The summed E-state index contributed by atoms with van der Waals surface area (Å²) in [6, 6.07) is 3.22. The molecule has 0 spiro atoms. The molecule has 0 aromatic carbocycles. The first-order valence-electron chi connectivity index (χ1n) is 5.74. The van der Waals surface area contributed by atoms with Crippen molar-refractivity contribution in [2.24, 2.45) is 7.05 Å². The fourth-order valence-corrected chi connectivity index (χ4v) is 1.88. The lowest BCUT2D eigenvalue weighted by molar-refractivity contribution is 0.0856. The Balaban J connectivity index is 1.99. The SMILES string of the molecule is Cn1cccc(C(=O)NCC2CCCO2)c1=O. The molecular formula is C12H16N2O3. The molecule has 1 N–H and O–H groups in total. The lowest BCUT2D eigenvalue weighted by atomic mass is 10.2. The number of aromatic nitrogens is 1. The van der Waals surface area contributed by atoms with Crippen LogP contribution in [0.5, 0.6) is 0 Å². The van der Waals surface area contributed by atoms with Gasteiger partial charge in [-0.05, 0) is 25.0 Å². The third kappa shape index (κ3) is 2.74. The molecule has 0 aliphatic carbocycles. The number of pyridine rings is 1. The van der Waals surface area contributed by atoms with E-state index in [-0.39, 0.29) is 23.1 Å². The monoisotopic (exact) mass is 236 g/mol. The Bertz CT molecular complexity index is 461. The Hall–Kier alpha value is -1.62. The minimum atomic E-state index is -0.332. The van der Waals surface area contributed by atoms with Gasteiger partial charge in [-0.15, -0.1) is 0 Å². The van der Waals surface area contributed by atoms with Gasteiger partial charge in [0.05, 0.1) is 6.10 Å². The highest BCUT2D eigenvalue weighted by Crippen LogP contribution is 2.10. The fourth-order valence-electron chi connectivity index (χ4n) is 1.88. The predicted molar refractivity (Wildman–Crippen MR) is 63.0 cm³/mol. The highest BCUT2D eigenvalue weighted by Gasteiger charge is 2.17. The van der Waals surface area contributed by atoms with Crippen LogP contribution in [0.25, 0.3) is 0 Å².